The van der Waals surface area contributed by atoms with Gasteiger partial charge in [-0.25, -0.2) is 0 Å². The van der Waals surface area contributed by atoms with Crippen molar-refractivity contribution in [3.8, 4) is 5.75 Å². The number of carbonyl (C=O) groups is 2. The van der Waals surface area contributed by atoms with Crippen molar-refractivity contribution < 1.29 is 23.6 Å². The van der Waals surface area contributed by atoms with Crippen LogP contribution in [0.3, 0.4) is 0 Å². The van der Waals surface area contributed by atoms with E-state index < -0.39 is 6.04 Å². The molecule has 0 saturated heterocycles. The number of hydrogen-bond donors (Lipinski definition) is 1. The number of benzene rings is 2. The van der Waals surface area contributed by atoms with Crippen LogP contribution in [-0.4, -0.2) is 23.6 Å². The Morgan fingerprint density at radius 2 is 1.77 bits per heavy atom. The first-order valence-corrected chi connectivity index (χ1v) is 10.1. The predicted octanol–water partition coefficient (Wildman–Crippen LogP) is 4.29. The minimum absolute atomic E-state index is 0.0578. The number of ether oxygens (including phenoxy) is 2. The van der Waals surface area contributed by atoms with Gasteiger partial charge in [0.2, 0.25) is 0 Å². The number of esters is 1. The van der Waals surface area contributed by atoms with Crippen molar-refractivity contribution in [3.63, 3.8) is 0 Å². The molecule has 1 heterocycles. The molecule has 162 valence electrons. The lowest BCUT2D eigenvalue weighted by molar-refractivity contribution is -0.143. The molecule has 0 fully saturated rings. The third-order valence-electron chi connectivity index (χ3n) is 4.86. The van der Waals surface area contributed by atoms with Gasteiger partial charge in [-0.15, -0.1) is 0 Å². The zero-order valence-corrected chi connectivity index (χ0v) is 17.9. The van der Waals surface area contributed by atoms with E-state index in [-0.39, 0.29) is 18.3 Å². The van der Waals surface area contributed by atoms with Gasteiger partial charge in [-0.2, -0.15) is 0 Å². The average molecular weight is 422 g/mol. The second kappa shape index (κ2) is 10.4. The summed E-state index contributed by atoms with van der Waals surface area (Å²) < 4.78 is 16.0. The standard InChI is InChI=1S/C24H26N2O5/c1-4-29-23(27)14-22(18-8-6-5-7-9-18)25-24(28)19-10-12-20(13-11-19)30-15-21-16(2)26-31-17(21)3/h5-13,22H,4,14-15H2,1-3H3,(H,25,28). The molecule has 7 nitrogen and oxygen atoms in total. The molecule has 1 amide bonds. The Bertz CT molecular complexity index is 993. The predicted molar refractivity (Wildman–Crippen MR) is 115 cm³/mol. The smallest absolute Gasteiger partial charge is 0.308 e. The molecule has 1 aromatic heterocycles. The largest absolute Gasteiger partial charge is 0.489 e. The van der Waals surface area contributed by atoms with Crippen molar-refractivity contribution >= 4 is 11.9 Å². The van der Waals surface area contributed by atoms with E-state index in [0.29, 0.717) is 24.5 Å². The molecule has 0 aliphatic heterocycles. The zero-order valence-electron chi connectivity index (χ0n) is 17.9. The van der Waals surface area contributed by atoms with Crippen LogP contribution in [0.2, 0.25) is 0 Å². The molecule has 0 radical (unpaired) electrons. The summed E-state index contributed by atoms with van der Waals surface area (Å²) in [6.07, 6.45) is 0.0578. The number of rotatable bonds is 9. The number of amides is 1. The minimum Gasteiger partial charge on any atom is -0.489 e. The van der Waals surface area contributed by atoms with Crippen LogP contribution in [0.4, 0.5) is 0 Å². The third kappa shape index (κ3) is 5.94. The maximum Gasteiger partial charge on any atom is 0.308 e. The fraction of sp³-hybridized carbons (Fsp3) is 0.292. The Morgan fingerprint density at radius 1 is 1.06 bits per heavy atom. The van der Waals surface area contributed by atoms with E-state index in [0.717, 1.165) is 22.6 Å². The number of carbonyl (C=O) groups excluding carboxylic acids is 2. The summed E-state index contributed by atoms with van der Waals surface area (Å²) in [6, 6.07) is 15.7. The summed E-state index contributed by atoms with van der Waals surface area (Å²) in [6.45, 7) is 6.09. The Labute approximate surface area is 181 Å². The molecule has 0 aliphatic carbocycles. The molecule has 2 aromatic carbocycles. The summed E-state index contributed by atoms with van der Waals surface area (Å²) in [4.78, 5) is 24.8. The maximum absolute atomic E-state index is 12.8. The summed E-state index contributed by atoms with van der Waals surface area (Å²) in [5.74, 6) is 0.708. The van der Waals surface area contributed by atoms with Crippen LogP contribution in [0.25, 0.3) is 0 Å². The lowest BCUT2D eigenvalue weighted by Crippen LogP contribution is -2.30. The van der Waals surface area contributed by atoms with Gasteiger partial charge < -0.3 is 19.3 Å². The second-order valence-electron chi connectivity index (χ2n) is 7.06. The molecule has 1 atom stereocenters. The van der Waals surface area contributed by atoms with E-state index in [1.54, 1.807) is 31.2 Å². The molecule has 7 heteroatoms. The van der Waals surface area contributed by atoms with Crippen LogP contribution < -0.4 is 10.1 Å². The van der Waals surface area contributed by atoms with E-state index in [1.807, 2.05) is 44.2 Å². The Hall–Kier alpha value is -3.61. The lowest BCUT2D eigenvalue weighted by Gasteiger charge is -2.18. The van der Waals surface area contributed by atoms with Crippen LogP contribution in [0, 0.1) is 13.8 Å². The summed E-state index contributed by atoms with van der Waals surface area (Å²) in [5, 5.41) is 6.84. The summed E-state index contributed by atoms with van der Waals surface area (Å²) in [5.41, 5.74) is 3.01. The number of nitrogens with zero attached hydrogens (tertiary/aromatic N) is 1. The van der Waals surface area contributed by atoms with Crippen LogP contribution in [0.15, 0.2) is 59.1 Å². The maximum atomic E-state index is 12.8. The van der Waals surface area contributed by atoms with Crippen LogP contribution in [0.5, 0.6) is 5.75 Å². The van der Waals surface area contributed by atoms with E-state index in [2.05, 4.69) is 10.5 Å². The van der Waals surface area contributed by atoms with Crippen molar-refractivity contribution in [2.45, 2.75) is 39.8 Å². The first-order valence-electron chi connectivity index (χ1n) is 10.1. The topological polar surface area (TPSA) is 90.7 Å². The van der Waals surface area contributed by atoms with Gasteiger partial charge >= 0.3 is 5.97 Å². The molecule has 1 N–H and O–H groups in total. The van der Waals surface area contributed by atoms with Crippen molar-refractivity contribution in [3.05, 3.63) is 82.7 Å². The SMILES string of the molecule is CCOC(=O)CC(NC(=O)c1ccc(OCc2c(C)noc2C)cc1)c1ccccc1. The minimum atomic E-state index is -0.483. The van der Waals surface area contributed by atoms with Gasteiger partial charge in [0.25, 0.3) is 5.91 Å². The zero-order chi connectivity index (χ0) is 22.2. The molecule has 0 aliphatic rings. The highest BCUT2D eigenvalue weighted by Gasteiger charge is 2.20. The molecule has 0 spiro atoms. The van der Waals surface area contributed by atoms with E-state index >= 15 is 0 Å². The molecule has 0 saturated carbocycles. The fourth-order valence-corrected chi connectivity index (χ4v) is 3.13. The lowest BCUT2D eigenvalue weighted by atomic mass is 10.0. The highest BCUT2D eigenvalue weighted by atomic mass is 16.5. The monoisotopic (exact) mass is 422 g/mol. The second-order valence-corrected chi connectivity index (χ2v) is 7.06. The number of nitrogens with one attached hydrogen (secondary N) is 1. The molecule has 3 rings (SSSR count). The number of aromatic nitrogens is 1. The van der Waals surface area contributed by atoms with Crippen molar-refractivity contribution in [2.24, 2.45) is 0 Å². The van der Waals surface area contributed by atoms with Crippen LogP contribution >= 0.6 is 0 Å². The molecular formula is C24H26N2O5. The van der Waals surface area contributed by atoms with Gasteiger partial charge in [0.05, 0.1) is 30.3 Å². The van der Waals surface area contributed by atoms with E-state index in [4.69, 9.17) is 14.0 Å². The molecule has 3 aromatic rings. The van der Waals surface area contributed by atoms with Crippen molar-refractivity contribution in [1.29, 1.82) is 0 Å². The number of hydrogen-bond acceptors (Lipinski definition) is 6. The average Bonchev–Trinajstić information content (AvgIpc) is 3.10. The summed E-state index contributed by atoms with van der Waals surface area (Å²) in [7, 11) is 0. The highest BCUT2D eigenvalue weighted by Crippen LogP contribution is 2.20. The van der Waals surface area contributed by atoms with Gasteiger partial charge in [0.15, 0.2) is 0 Å². The molecule has 0 bridgehead atoms. The van der Waals surface area contributed by atoms with Crippen LogP contribution in [-0.2, 0) is 16.1 Å². The Morgan fingerprint density at radius 3 is 2.39 bits per heavy atom. The van der Waals surface area contributed by atoms with Gasteiger partial charge in [0.1, 0.15) is 18.1 Å². The highest BCUT2D eigenvalue weighted by molar-refractivity contribution is 5.94. The first-order chi connectivity index (χ1) is 15.0. The molecular weight excluding hydrogens is 396 g/mol. The Balaban J connectivity index is 1.65. The van der Waals surface area contributed by atoms with Crippen molar-refractivity contribution in [1.82, 2.24) is 10.5 Å². The Kier molecular flexibility index (Phi) is 7.43. The van der Waals surface area contributed by atoms with Crippen LogP contribution in [0.1, 0.15) is 52.3 Å². The van der Waals surface area contributed by atoms with Gasteiger partial charge in [0, 0.05) is 5.56 Å². The van der Waals surface area contributed by atoms with Gasteiger partial charge in [-0.3, -0.25) is 9.59 Å². The normalized spacial score (nSPS) is 11.6. The number of aryl methyl sites for hydroxylation is 2. The summed E-state index contributed by atoms with van der Waals surface area (Å²) >= 11 is 0. The molecule has 31 heavy (non-hydrogen) atoms. The fourth-order valence-electron chi connectivity index (χ4n) is 3.13. The third-order valence-corrected chi connectivity index (χ3v) is 4.86. The van der Waals surface area contributed by atoms with Gasteiger partial charge in [-0.05, 0) is 50.6 Å². The van der Waals surface area contributed by atoms with E-state index in [1.165, 1.54) is 0 Å². The first kappa shape index (κ1) is 22.1. The quantitative estimate of drug-likeness (QED) is 0.517. The molecule has 1 unspecified atom stereocenters. The van der Waals surface area contributed by atoms with Crippen molar-refractivity contribution in [2.75, 3.05) is 6.61 Å². The van der Waals surface area contributed by atoms with E-state index in [9.17, 15) is 9.59 Å². The van der Waals surface area contributed by atoms with Gasteiger partial charge in [-0.1, -0.05) is 35.5 Å².